The van der Waals surface area contributed by atoms with Crippen LogP contribution in [0.4, 0.5) is 0 Å². The predicted molar refractivity (Wildman–Crippen MR) is 60.7 cm³/mol. The van der Waals surface area contributed by atoms with Gasteiger partial charge in [0.15, 0.2) is 0 Å². The van der Waals surface area contributed by atoms with E-state index in [1.807, 2.05) is 35.9 Å². The van der Waals surface area contributed by atoms with Crippen molar-refractivity contribution in [3.63, 3.8) is 0 Å². The van der Waals surface area contributed by atoms with Gasteiger partial charge in [-0.1, -0.05) is 17.3 Å². The second-order valence-electron chi connectivity index (χ2n) is 3.88. The highest BCUT2D eigenvalue weighted by Crippen LogP contribution is 2.18. The molecule has 1 aromatic heterocycles. The zero-order valence-electron chi connectivity index (χ0n) is 9.13. The minimum absolute atomic E-state index is 0.125. The quantitative estimate of drug-likeness (QED) is 0.839. The first-order chi connectivity index (χ1) is 7.68. The molecule has 1 heterocycles. The lowest BCUT2D eigenvalue weighted by atomic mass is 10.2. The maximum absolute atomic E-state index is 10.7. The van der Waals surface area contributed by atoms with E-state index in [1.54, 1.807) is 0 Å². The van der Waals surface area contributed by atoms with Gasteiger partial charge in [-0.15, -0.1) is 5.10 Å². The molecule has 0 bridgehead atoms. The molecule has 0 saturated carbocycles. The number of hydrogen-bond acceptors (Lipinski definition) is 3. The van der Waals surface area contributed by atoms with Gasteiger partial charge in [-0.2, -0.15) is 0 Å². The van der Waals surface area contributed by atoms with E-state index in [-0.39, 0.29) is 11.9 Å². The topological polar surface area (TPSA) is 73.8 Å². The second kappa shape index (κ2) is 4.30. The fourth-order valence-electron chi connectivity index (χ4n) is 1.69. The first kappa shape index (κ1) is 10.6. The fraction of sp³-hybridized carbons (Fsp3) is 0.364. The van der Waals surface area contributed by atoms with Crippen molar-refractivity contribution in [3.05, 3.63) is 24.3 Å². The SMILES string of the molecule is CC(CCC(N)=O)n1nnc2ccccc21. The minimum atomic E-state index is -0.281. The Hall–Kier alpha value is -1.91. The van der Waals surface area contributed by atoms with E-state index in [1.165, 1.54) is 0 Å². The highest BCUT2D eigenvalue weighted by atomic mass is 16.1. The average molecular weight is 218 g/mol. The van der Waals surface area contributed by atoms with Gasteiger partial charge in [0.1, 0.15) is 5.52 Å². The van der Waals surface area contributed by atoms with Crippen molar-refractivity contribution >= 4 is 16.9 Å². The number of nitrogens with zero attached hydrogens (tertiary/aromatic N) is 3. The van der Waals surface area contributed by atoms with E-state index >= 15 is 0 Å². The fourth-order valence-corrected chi connectivity index (χ4v) is 1.69. The van der Waals surface area contributed by atoms with E-state index < -0.39 is 0 Å². The molecule has 16 heavy (non-hydrogen) atoms. The molecule has 1 unspecified atom stereocenters. The summed E-state index contributed by atoms with van der Waals surface area (Å²) in [7, 11) is 0. The summed E-state index contributed by atoms with van der Waals surface area (Å²) in [5, 5.41) is 8.15. The van der Waals surface area contributed by atoms with Crippen LogP contribution in [0.1, 0.15) is 25.8 Å². The van der Waals surface area contributed by atoms with Crippen molar-refractivity contribution in [2.24, 2.45) is 5.73 Å². The van der Waals surface area contributed by atoms with Gasteiger partial charge in [-0.05, 0) is 25.5 Å². The standard InChI is InChI=1S/C11H14N4O/c1-8(6-7-11(12)16)15-10-5-3-2-4-9(10)13-14-15/h2-5,8H,6-7H2,1H3,(H2,12,16). The van der Waals surface area contributed by atoms with Gasteiger partial charge < -0.3 is 5.73 Å². The van der Waals surface area contributed by atoms with Crippen molar-refractivity contribution in [2.45, 2.75) is 25.8 Å². The number of para-hydroxylation sites is 1. The summed E-state index contributed by atoms with van der Waals surface area (Å²) >= 11 is 0. The largest absolute Gasteiger partial charge is 0.370 e. The van der Waals surface area contributed by atoms with E-state index in [2.05, 4.69) is 10.3 Å². The molecule has 0 aliphatic rings. The summed E-state index contributed by atoms with van der Waals surface area (Å²) in [6.45, 7) is 2.00. The van der Waals surface area contributed by atoms with Crippen LogP contribution in [0.5, 0.6) is 0 Å². The summed E-state index contributed by atoms with van der Waals surface area (Å²) in [5.74, 6) is -0.281. The van der Waals surface area contributed by atoms with Gasteiger partial charge in [0.2, 0.25) is 5.91 Å². The molecule has 0 radical (unpaired) electrons. The summed E-state index contributed by atoms with van der Waals surface area (Å²) in [6, 6.07) is 7.88. The molecule has 2 rings (SSSR count). The van der Waals surface area contributed by atoms with E-state index in [9.17, 15) is 4.79 Å². The summed E-state index contributed by atoms with van der Waals surface area (Å²) in [4.78, 5) is 10.7. The number of aromatic nitrogens is 3. The van der Waals surface area contributed by atoms with Crippen LogP contribution in [0.15, 0.2) is 24.3 Å². The summed E-state index contributed by atoms with van der Waals surface area (Å²) in [6.07, 6.45) is 1.05. The third kappa shape index (κ3) is 2.03. The minimum Gasteiger partial charge on any atom is -0.370 e. The Labute approximate surface area is 93.2 Å². The molecule has 2 aromatic rings. The Balaban J connectivity index is 2.22. The normalized spacial score (nSPS) is 12.8. The smallest absolute Gasteiger partial charge is 0.217 e. The van der Waals surface area contributed by atoms with Crippen molar-refractivity contribution in [2.75, 3.05) is 0 Å². The lowest BCUT2D eigenvalue weighted by molar-refractivity contribution is -0.118. The maximum atomic E-state index is 10.7. The van der Waals surface area contributed by atoms with Crippen molar-refractivity contribution in [1.29, 1.82) is 0 Å². The molecular weight excluding hydrogens is 204 g/mol. The Morgan fingerprint density at radius 3 is 3.00 bits per heavy atom. The van der Waals surface area contributed by atoms with Crippen LogP contribution < -0.4 is 5.73 Å². The maximum Gasteiger partial charge on any atom is 0.217 e. The molecule has 5 nitrogen and oxygen atoms in total. The van der Waals surface area contributed by atoms with E-state index in [0.717, 1.165) is 11.0 Å². The number of carbonyl (C=O) groups is 1. The van der Waals surface area contributed by atoms with Crippen LogP contribution in [-0.4, -0.2) is 20.9 Å². The van der Waals surface area contributed by atoms with Gasteiger partial charge in [0, 0.05) is 6.42 Å². The first-order valence-corrected chi connectivity index (χ1v) is 5.26. The molecule has 2 N–H and O–H groups in total. The highest BCUT2D eigenvalue weighted by Gasteiger charge is 2.11. The molecule has 0 aliphatic heterocycles. The number of rotatable bonds is 4. The monoisotopic (exact) mass is 218 g/mol. The number of nitrogens with two attached hydrogens (primary N) is 1. The Bertz CT molecular complexity index is 505. The summed E-state index contributed by atoms with van der Waals surface area (Å²) in [5.41, 5.74) is 6.98. The lowest BCUT2D eigenvalue weighted by Crippen LogP contribution is -2.14. The van der Waals surface area contributed by atoms with Crippen LogP contribution in [0.2, 0.25) is 0 Å². The highest BCUT2D eigenvalue weighted by molar-refractivity contribution is 5.74. The molecular formula is C11H14N4O. The third-order valence-electron chi connectivity index (χ3n) is 2.60. The molecule has 1 atom stereocenters. The molecule has 0 spiro atoms. The van der Waals surface area contributed by atoms with Gasteiger partial charge in [0.25, 0.3) is 0 Å². The first-order valence-electron chi connectivity index (χ1n) is 5.26. The number of fused-ring (bicyclic) bond motifs is 1. The number of primary amides is 1. The zero-order chi connectivity index (χ0) is 11.5. The van der Waals surface area contributed by atoms with Crippen molar-refractivity contribution in [3.8, 4) is 0 Å². The zero-order valence-corrected chi connectivity index (χ0v) is 9.13. The molecule has 1 amide bonds. The molecule has 1 aromatic carbocycles. The van der Waals surface area contributed by atoms with Gasteiger partial charge >= 0.3 is 0 Å². The molecule has 0 saturated heterocycles. The predicted octanol–water partition coefficient (Wildman–Crippen LogP) is 1.26. The number of benzene rings is 1. The number of amides is 1. The molecule has 0 aliphatic carbocycles. The lowest BCUT2D eigenvalue weighted by Gasteiger charge is -2.10. The van der Waals surface area contributed by atoms with Gasteiger partial charge in [0.05, 0.1) is 11.6 Å². The number of carbonyl (C=O) groups excluding carboxylic acids is 1. The molecule has 84 valence electrons. The van der Waals surface area contributed by atoms with Gasteiger partial charge in [-0.3, -0.25) is 4.79 Å². The van der Waals surface area contributed by atoms with E-state index in [0.29, 0.717) is 12.8 Å². The Morgan fingerprint density at radius 1 is 1.50 bits per heavy atom. The van der Waals surface area contributed by atoms with Crippen LogP contribution in [0, 0.1) is 0 Å². The Kier molecular flexibility index (Phi) is 2.85. The molecule has 5 heteroatoms. The van der Waals surface area contributed by atoms with Crippen molar-refractivity contribution < 1.29 is 4.79 Å². The Morgan fingerprint density at radius 2 is 2.25 bits per heavy atom. The van der Waals surface area contributed by atoms with Crippen LogP contribution in [0.25, 0.3) is 11.0 Å². The van der Waals surface area contributed by atoms with Gasteiger partial charge in [-0.25, -0.2) is 4.68 Å². The third-order valence-corrected chi connectivity index (χ3v) is 2.60. The second-order valence-corrected chi connectivity index (χ2v) is 3.88. The average Bonchev–Trinajstić information content (AvgIpc) is 2.69. The van der Waals surface area contributed by atoms with E-state index in [4.69, 9.17) is 5.73 Å². The van der Waals surface area contributed by atoms with Crippen molar-refractivity contribution in [1.82, 2.24) is 15.0 Å². The van der Waals surface area contributed by atoms with Crippen LogP contribution in [-0.2, 0) is 4.79 Å². The van der Waals surface area contributed by atoms with Crippen LogP contribution in [0.3, 0.4) is 0 Å². The number of hydrogen-bond donors (Lipinski definition) is 1. The van der Waals surface area contributed by atoms with Crippen LogP contribution >= 0.6 is 0 Å². The summed E-state index contributed by atoms with van der Waals surface area (Å²) < 4.78 is 1.83. The molecule has 0 fully saturated rings.